The maximum Gasteiger partial charge on any atom is 0.0840 e. The summed E-state index contributed by atoms with van der Waals surface area (Å²) in [5.74, 6) is 0. The summed E-state index contributed by atoms with van der Waals surface area (Å²) >= 11 is 0. The van der Waals surface area contributed by atoms with Crippen molar-refractivity contribution in [3.8, 4) is 0 Å². The van der Waals surface area contributed by atoms with Crippen LogP contribution in [-0.2, 0) is 11.1 Å². The highest BCUT2D eigenvalue weighted by Crippen LogP contribution is 2.24. The molecular weight excluding hydrogens is 198 g/mol. The van der Waals surface area contributed by atoms with Gasteiger partial charge in [0, 0.05) is 5.54 Å². The van der Waals surface area contributed by atoms with E-state index < -0.39 is 5.60 Å². The van der Waals surface area contributed by atoms with Crippen molar-refractivity contribution in [2.45, 2.75) is 45.8 Å². The third kappa shape index (κ3) is 3.06. The predicted molar refractivity (Wildman–Crippen MR) is 68.4 cm³/mol. The van der Waals surface area contributed by atoms with Gasteiger partial charge in [-0.1, -0.05) is 31.2 Å². The van der Waals surface area contributed by atoms with Crippen LogP contribution in [0.25, 0.3) is 0 Å². The molecule has 0 spiro atoms. The van der Waals surface area contributed by atoms with Crippen LogP contribution in [0.1, 0.15) is 45.7 Å². The van der Waals surface area contributed by atoms with E-state index in [1.165, 1.54) is 5.56 Å². The number of hydrogen-bond donors (Lipinski definition) is 2. The van der Waals surface area contributed by atoms with Gasteiger partial charge in [-0.15, -0.1) is 0 Å². The van der Waals surface area contributed by atoms with Crippen LogP contribution in [0.2, 0.25) is 0 Å². The highest BCUT2D eigenvalue weighted by molar-refractivity contribution is 5.30. The van der Waals surface area contributed by atoms with E-state index >= 15 is 0 Å². The summed E-state index contributed by atoms with van der Waals surface area (Å²) in [4.78, 5) is 0. The molecule has 0 heterocycles. The Hall–Kier alpha value is -0.860. The predicted octanol–water partition coefficient (Wildman–Crippen LogP) is 2.76. The van der Waals surface area contributed by atoms with Gasteiger partial charge in [-0.3, -0.25) is 0 Å². The number of nitrogens with one attached hydrogen (secondary N) is 1. The molecule has 0 aromatic heterocycles. The molecule has 0 atom stereocenters. The molecule has 16 heavy (non-hydrogen) atoms. The summed E-state index contributed by atoms with van der Waals surface area (Å²) in [6, 6.07) is 8.15. The van der Waals surface area contributed by atoms with E-state index in [1.807, 2.05) is 12.1 Å². The first-order valence-corrected chi connectivity index (χ1v) is 5.86. The van der Waals surface area contributed by atoms with Crippen LogP contribution in [0.3, 0.4) is 0 Å². The number of hydrogen-bond acceptors (Lipinski definition) is 2. The third-order valence-electron chi connectivity index (χ3n) is 2.93. The molecule has 90 valence electrons. The third-order valence-corrected chi connectivity index (χ3v) is 2.93. The first-order chi connectivity index (χ1) is 7.27. The van der Waals surface area contributed by atoms with Crippen LogP contribution in [0.4, 0.5) is 0 Å². The van der Waals surface area contributed by atoms with Crippen molar-refractivity contribution in [1.82, 2.24) is 5.32 Å². The minimum absolute atomic E-state index is 0.0210. The van der Waals surface area contributed by atoms with Gasteiger partial charge in [0.1, 0.15) is 0 Å². The molecule has 0 saturated carbocycles. The molecule has 0 aliphatic rings. The molecular formula is C14H23NO. The van der Waals surface area contributed by atoms with E-state index in [9.17, 15) is 5.11 Å². The monoisotopic (exact) mass is 221 g/mol. The summed E-state index contributed by atoms with van der Waals surface area (Å²) in [6.45, 7) is 11.0. The van der Waals surface area contributed by atoms with Gasteiger partial charge in [0.25, 0.3) is 0 Å². The van der Waals surface area contributed by atoms with E-state index in [0.29, 0.717) is 0 Å². The highest BCUT2D eigenvalue weighted by atomic mass is 16.3. The fourth-order valence-electron chi connectivity index (χ4n) is 1.84. The van der Waals surface area contributed by atoms with E-state index in [2.05, 4.69) is 38.2 Å². The zero-order valence-electron chi connectivity index (χ0n) is 11.0. The average Bonchev–Trinajstić information content (AvgIpc) is 2.16. The Labute approximate surface area is 98.7 Å². The Balaban J connectivity index is 2.95. The van der Waals surface area contributed by atoms with Crippen molar-refractivity contribution in [2.24, 2.45) is 0 Å². The largest absolute Gasteiger partial charge is 0.386 e. The van der Waals surface area contributed by atoms with Gasteiger partial charge in [0.2, 0.25) is 0 Å². The van der Waals surface area contributed by atoms with Crippen molar-refractivity contribution >= 4 is 0 Å². The summed E-state index contributed by atoms with van der Waals surface area (Å²) in [5, 5.41) is 13.3. The maximum atomic E-state index is 9.87. The normalized spacial score (nSPS) is 12.9. The molecule has 0 unspecified atom stereocenters. The van der Waals surface area contributed by atoms with Crippen LogP contribution < -0.4 is 5.32 Å². The van der Waals surface area contributed by atoms with Crippen LogP contribution in [0.5, 0.6) is 0 Å². The fraction of sp³-hybridized carbons (Fsp3) is 0.571. The molecule has 1 rings (SSSR count). The van der Waals surface area contributed by atoms with Crippen LogP contribution in [0.15, 0.2) is 24.3 Å². The molecule has 2 N–H and O–H groups in total. The van der Waals surface area contributed by atoms with Gasteiger partial charge in [0.15, 0.2) is 0 Å². The summed E-state index contributed by atoms with van der Waals surface area (Å²) in [5.41, 5.74) is 1.40. The van der Waals surface area contributed by atoms with E-state index in [4.69, 9.17) is 0 Å². The van der Waals surface area contributed by atoms with Gasteiger partial charge in [-0.25, -0.2) is 0 Å². The molecule has 1 aromatic rings. The van der Waals surface area contributed by atoms with Crippen molar-refractivity contribution in [2.75, 3.05) is 6.54 Å². The van der Waals surface area contributed by atoms with Gasteiger partial charge in [-0.05, 0) is 45.4 Å². The zero-order valence-corrected chi connectivity index (χ0v) is 11.0. The molecule has 1 aromatic carbocycles. The number of aliphatic hydroxyl groups is 1. The molecule has 0 amide bonds. The minimum atomic E-state index is -0.763. The summed E-state index contributed by atoms with van der Waals surface area (Å²) in [6.07, 6.45) is 0. The number of benzene rings is 1. The molecule has 2 nitrogen and oxygen atoms in total. The lowest BCUT2D eigenvalue weighted by Gasteiger charge is -2.27. The molecule has 0 aliphatic heterocycles. The van der Waals surface area contributed by atoms with Gasteiger partial charge in [0.05, 0.1) is 5.60 Å². The Morgan fingerprint density at radius 2 is 1.44 bits per heavy atom. The van der Waals surface area contributed by atoms with Crippen molar-refractivity contribution in [3.63, 3.8) is 0 Å². The van der Waals surface area contributed by atoms with Gasteiger partial charge >= 0.3 is 0 Å². The second-order valence-electron chi connectivity index (χ2n) is 5.29. The molecule has 0 radical (unpaired) electrons. The fourth-order valence-corrected chi connectivity index (χ4v) is 1.84. The topological polar surface area (TPSA) is 32.3 Å². The molecule has 0 saturated heterocycles. The molecule has 0 bridgehead atoms. The van der Waals surface area contributed by atoms with Crippen LogP contribution in [-0.4, -0.2) is 11.7 Å². The SMILES string of the molecule is CCNC(C)(C)c1ccc(C(C)(C)O)cc1. The lowest BCUT2D eigenvalue weighted by molar-refractivity contribution is 0.0785. The average molecular weight is 221 g/mol. The smallest absolute Gasteiger partial charge is 0.0840 e. The standard InChI is InChI=1S/C14H23NO/c1-6-15-13(2,3)11-7-9-12(10-8-11)14(4,5)16/h7-10,15-16H,6H2,1-5H3. The zero-order chi connectivity index (χ0) is 12.4. The molecule has 2 heteroatoms. The summed E-state index contributed by atoms with van der Waals surface area (Å²) in [7, 11) is 0. The summed E-state index contributed by atoms with van der Waals surface area (Å²) < 4.78 is 0. The molecule has 0 fully saturated rings. The van der Waals surface area contributed by atoms with Gasteiger partial charge in [-0.2, -0.15) is 0 Å². The highest BCUT2D eigenvalue weighted by Gasteiger charge is 2.20. The Kier molecular flexibility index (Phi) is 3.76. The quantitative estimate of drug-likeness (QED) is 0.819. The van der Waals surface area contributed by atoms with Crippen molar-refractivity contribution in [3.05, 3.63) is 35.4 Å². The Morgan fingerprint density at radius 1 is 1.00 bits per heavy atom. The van der Waals surface area contributed by atoms with Crippen molar-refractivity contribution in [1.29, 1.82) is 0 Å². The first kappa shape index (κ1) is 13.2. The maximum absolute atomic E-state index is 9.87. The second-order valence-corrected chi connectivity index (χ2v) is 5.29. The van der Waals surface area contributed by atoms with Crippen LogP contribution in [0, 0.1) is 0 Å². The van der Waals surface area contributed by atoms with E-state index in [-0.39, 0.29) is 5.54 Å². The van der Waals surface area contributed by atoms with Gasteiger partial charge < -0.3 is 10.4 Å². The van der Waals surface area contributed by atoms with Crippen LogP contribution >= 0.6 is 0 Å². The van der Waals surface area contributed by atoms with E-state index in [1.54, 1.807) is 13.8 Å². The molecule has 0 aliphatic carbocycles. The Morgan fingerprint density at radius 3 is 1.81 bits per heavy atom. The lowest BCUT2D eigenvalue weighted by atomic mass is 9.90. The Bertz CT molecular complexity index is 333. The first-order valence-electron chi connectivity index (χ1n) is 5.86. The second kappa shape index (κ2) is 4.56. The van der Waals surface area contributed by atoms with E-state index in [0.717, 1.165) is 12.1 Å². The van der Waals surface area contributed by atoms with Crippen molar-refractivity contribution < 1.29 is 5.11 Å². The number of rotatable bonds is 4. The minimum Gasteiger partial charge on any atom is -0.386 e. The lowest BCUT2D eigenvalue weighted by Crippen LogP contribution is -2.36.